The molecule has 0 bridgehead atoms. The van der Waals surface area contributed by atoms with Crippen LogP contribution in [0.3, 0.4) is 0 Å². The molecule has 1 unspecified atom stereocenters. The summed E-state index contributed by atoms with van der Waals surface area (Å²) in [7, 11) is 0. The van der Waals surface area contributed by atoms with Gasteiger partial charge in [-0.3, -0.25) is 4.90 Å². The first kappa shape index (κ1) is 14.5. The first-order chi connectivity index (χ1) is 9.10. The third-order valence-corrected chi connectivity index (χ3v) is 4.59. The van der Waals surface area contributed by atoms with Crippen molar-refractivity contribution in [2.45, 2.75) is 51.7 Å². The van der Waals surface area contributed by atoms with E-state index < -0.39 is 0 Å². The Morgan fingerprint density at radius 1 is 1.32 bits per heavy atom. The molecule has 1 fully saturated rings. The lowest BCUT2D eigenvalue weighted by atomic mass is 9.88. The van der Waals surface area contributed by atoms with E-state index in [1.165, 1.54) is 0 Å². The van der Waals surface area contributed by atoms with E-state index in [-0.39, 0.29) is 11.4 Å². The Morgan fingerprint density at radius 2 is 2.00 bits per heavy atom. The lowest BCUT2D eigenvalue weighted by molar-refractivity contribution is 0.0737. The van der Waals surface area contributed by atoms with Crippen molar-refractivity contribution < 1.29 is 4.39 Å². The lowest BCUT2D eigenvalue weighted by Crippen LogP contribution is -2.62. The fourth-order valence-corrected chi connectivity index (χ4v) is 2.87. The molecule has 0 amide bonds. The molecule has 1 aliphatic heterocycles. The van der Waals surface area contributed by atoms with Crippen molar-refractivity contribution in [1.82, 2.24) is 10.2 Å². The molecule has 3 heteroatoms. The number of hydrogen-bond donors (Lipinski definition) is 1. The summed E-state index contributed by atoms with van der Waals surface area (Å²) in [6.07, 6.45) is 2.23. The number of benzene rings is 1. The molecule has 0 aromatic heterocycles. The van der Waals surface area contributed by atoms with E-state index in [1.807, 2.05) is 12.1 Å². The maximum absolute atomic E-state index is 13.8. The quantitative estimate of drug-likeness (QED) is 0.898. The van der Waals surface area contributed by atoms with Crippen LogP contribution < -0.4 is 5.32 Å². The molecule has 0 saturated carbocycles. The van der Waals surface area contributed by atoms with E-state index in [4.69, 9.17) is 0 Å². The summed E-state index contributed by atoms with van der Waals surface area (Å²) in [5.41, 5.74) is 0.995. The van der Waals surface area contributed by atoms with Gasteiger partial charge in [-0.05, 0) is 25.8 Å². The average Bonchev–Trinajstić information content (AvgIpc) is 2.44. The molecule has 1 N–H and O–H groups in total. The molecule has 2 rings (SSSR count). The Balaban J connectivity index is 2.12. The fourth-order valence-electron chi connectivity index (χ4n) is 2.87. The van der Waals surface area contributed by atoms with Crippen LogP contribution in [-0.2, 0) is 6.54 Å². The Kier molecular flexibility index (Phi) is 4.58. The highest BCUT2D eigenvalue weighted by Crippen LogP contribution is 2.24. The molecule has 19 heavy (non-hydrogen) atoms. The number of piperazine rings is 1. The van der Waals surface area contributed by atoms with Crippen molar-refractivity contribution in [3.8, 4) is 0 Å². The van der Waals surface area contributed by atoms with Crippen molar-refractivity contribution in [1.29, 1.82) is 0 Å². The van der Waals surface area contributed by atoms with Crippen LogP contribution in [0, 0.1) is 5.82 Å². The zero-order valence-electron chi connectivity index (χ0n) is 12.2. The van der Waals surface area contributed by atoms with Gasteiger partial charge in [-0.2, -0.15) is 0 Å². The minimum atomic E-state index is -0.0909. The molecule has 0 spiro atoms. The summed E-state index contributed by atoms with van der Waals surface area (Å²) in [4.78, 5) is 2.40. The van der Waals surface area contributed by atoms with Gasteiger partial charge in [-0.25, -0.2) is 4.39 Å². The largest absolute Gasteiger partial charge is 0.308 e. The number of nitrogens with zero attached hydrogens (tertiary/aromatic N) is 1. The van der Waals surface area contributed by atoms with Crippen LogP contribution in [0.15, 0.2) is 24.3 Å². The van der Waals surface area contributed by atoms with Crippen LogP contribution in [0.1, 0.15) is 39.2 Å². The van der Waals surface area contributed by atoms with E-state index in [2.05, 4.69) is 31.0 Å². The van der Waals surface area contributed by atoms with Gasteiger partial charge < -0.3 is 5.32 Å². The normalized spacial score (nSPS) is 23.5. The predicted octanol–water partition coefficient (Wildman–Crippen LogP) is 3.18. The van der Waals surface area contributed by atoms with E-state index in [0.717, 1.165) is 31.5 Å². The molecular formula is C16H25FN2. The highest BCUT2D eigenvalue weighted by Gasteiger charge is 2.35. The summed E-state index contributed by atoms with van der Waals surface area (Å²) in [5.74, 6) is -0.0909. The van der Waals surface area contributed by atoms with Crippen LogP contribution in [0.2, 0.25) is 0 Å². The van der Waals surface area contributed by atoms with Gasteiger partial charge in [0.1, 0.15) is 5.82 Å². The van der Waals surface area contributed by atoms with Crippen LogP contribution >= 0.6 is 0 Å². The summed E-state index contributed by atoms with van der Waals surface area (Å²) in [6.45, 7) is 9.35. The average molecular weight is 264 g/mol. The monoisotopic (exact) mass is 264 g/mol. The minimum Gasteiger partial charge on any atom is -0.308 e. The highest BCUT2D eigenvalue weighted by atomic mass is 19.1. The van der Waals surface area contributed by atoms with Gasteiger partial charge in [-0.1, -0.05) is 32.0 Å². The molecule has 1 saturated heterocycles. The van der Waals surface area contributed by atoms with Gasteiger partial charge in [0.15, 0.2) is 0 Å². The van der Waals surface area contributed by atoms with Crippen LogP contribution in [0.25, 0.3) is 0 Å². The third-order valence-electron chi connectivity index (χ3n) is 4.59. The van der Waals surface area contributed by atoms with Crippen molar-refractivity contribution in [3.05, 3.63) is 35.6 Å². The number of rotatable bonds is 4. The van der Waals surface area contributed by atoms with Crippen LogP contribution in [0.5, 0.6) is 0 Å². The summed E-state index contributed by atoms with van der Waals surface area (Å²) in [5, 5.41) is 3.68. The van der Waals surface area contributed by atoms with Gasteiger partial charge in [0, 0.05) is 36.8 Å². The first-order valence-corrected chi connectivity index (χ1v) is 7.32. The molecule has 0 aliphatic carbocycles. The molecular weight excluding hydrogens is 239 g/mol. The second-order valence-corrected chi connectivity index (χ2v) is 5.71. The van der Waals surface area contributed by atoms with E-state index >= 15 is 0 Å². The molecule has 106 valence electrons. The Bertz CT molecular complexity index is 415. The van der Waals surface area contributed by atoms with Crippen molar-refractivity contribution in [3.63, 3.8) is 0 Å². The van der Waals surface area contributed by atoms with Crippen molar-refractivity contribution in [2.75, 3.05) is 13.1 Å². The Morgan fingerprint density at radius 3 is 2.63 bits per heavy atom. The zero-order valence-corrected chi connectivity index (χ0v) is 12.2. The zero-order chi connectivity index (χ0) is 13.9. The second kappa shape index (κ2) is 6.02. The highest BCUT2D eigenvalue weighted by molar-refractivity contribution is 5.17. The molecule has 1 aliphatic rings. The fraction of sp³-hybridized carbons (Fsp3) is 0.625. The number of nitrogens with one attached hydrogen (secondary N) is 1. The minimum absolute atomic E-state index is 0.0909. The van der Waals surface area contributed by atoms with E-state index in [0.29, 0.717) is 12.6 Å². The maximum atomic E-state index is 13.8. The van der Waals surface area contributed by atoms with Gasteiger partial charge >= 0.3 is 0 Å². The molecule has 1 aromatic rings. The van der Waals surface area contributed by atoms with Crippen LogP contribution in [-0.4, -0.2) is 29.6 Å². The molecule has 1 heterocycles. The molecule has 2 nitrogen and oxygen atoms in total. The van der Waals surface area contributed by atoms with Gasteiger partial charge in [0.05, 0.1) is 0 Å². The number of hydrogen-bond acceptors (Lipinski definition) is 2. The maximum Gasteiger partial charge on any atom is 0.127 e. The SMILES string of the molecule is CCC1(CC)CN(Cc2ccccc2F)C(C)CN1. The number of halogens is 1. The van der Waals surface area contributed by atoms with Gasteiger partial charge in [-0.15, -0.1) is 0 Å². The standard InChI is InChI=1S/C16H25FN2/c1-4-16(5-2)12-19(13(3)10-18-16)11-14-8-6-7-9-15(14)17/h6-9,13,18H,4-5,10-12H2,1-3H3. The van der Waals surface area contributed by atoms with Gasteiger partial charge in [0.25, 0.3) is 0 Å². The molecule has 1 aromatic carbocycles. The second-order valence-electron chi connectivity index (χ2n) is 5.71. The molecule has 1 atom stereocenters. The lowest BCUT2D eigenvalue weighted by Gasteiger charge is -2.46. The predicted molar refractivity (Wildman–Crippen MR) is 77.6 cm³/mol. The van der Waals surface area contributed by atoms with Crippen molar-refractivity contribution in [2.24, 2.45) is 0 Å². The van der Waals surface area contributed by atoms with E-state index in [9.17, 15) is 4.39 Å². The first-order valence-electron chi connectivity index (χ1n) is 7.32. The van der Waals surface area contributed by atoms with E-state index in [1.54, 1.807) is 12.1 Å². The molecule has 0 radical (unpaired) electrons. The summed E-state index contributed by atoms with van der Waals surface area (Å²) >= 11 is 0. The third kappa shape index (κ3) is 3.15. The summed E-state index contributed by atoms with van der Waals surface area (Å²) < 4.78 is 13.8. The van der Waals surface area contributed by atoms with Crippen molar-refractivity contribution >= 4 is 0 Å². The topological polar surface area (TPSA) is 15.3 Å². The summed E-state index contributed by atoms with van der Waals surface area (Å²) in [6, 6.07) is 7.56. The smallest absolute Gasteiger partial charge is 0.127 e. The van der Waals surface area contributed by atoms with Gasteiger partial charge in [0.2, 0.25) is 0 Å². The van der Waals surface area contributed by atoms with Crippen LogP contribution in [0.4, 0.5) is 4.39 Å². The Hall–Kier alpha value is -0.930. The Labute approximate surface area is 116 Å².